The Morgan fingerprint density at radius 1 is 1.73 bits per heavy atom. The van der Waals surface area contributed by atoms with Crippen molar-refractivity contribution in [2.45, 2.75) is 25.1 Å². The number of rotatable bonds is 2. The smallest absolute Gasteiger partial charge is 0.127 e. The predicted octanol–water partition coefficient (Wildman–Crippen LogP) is 1.07. The number of halogens is 1. The van der Waals surface area contributed by atoms with Crippen LogP contribution in [0, 0.1) is 0 Å². The molecule has 0 radical (unpaired) electrons. The highest BCUT2D eigenvalue weighted by Gasteiger charge is 2.42. The van der Waals surface area contributed by atoms with Crippen LogP contribution in [0.5, 0.6) is 0 Å². The predicted molar refractivity (Wildman–Crippen MR) is 42.4 cm³/mol. The summed E-state index contributed by atoms with van der Waals surface area (Å²) >= 11 is 0. The van der Waals surface area contributed by atoms with E-state index in [0.29, 0.717) is 13.0 Å². The normalized spacial score (nSPS) is 39.8. The molecule has 2 atom stereocenters. The minimum absolute atomic E-state index is 0.0625. The first-order valence-corrected chi connectivity index (χ1v) is 3.96. The third kappa shape index (κ3) is 1.71. The van der Waals surface area contributed by atoms with Crippen molar-refractivity contribution in [1.82, 2.24) is 4.90 Å². The van der Waals surface area contributed by atoms with Gasteiger partial charge in [0.15, 0.2) is 0 Å². The lowest BCUT2D eigenvalue weighted by Gasteiger charge is -2.26. The molecule has 0 aromatic carbocycles. The molecule has 0 unspecified atom stereocenters. The van der Waals surface area contributed by atoms with Gasteiger partial charge in [-0.25, -0.2) is 4.39 Å². The van der Waals surface area contributed by atoms with Crippen molar-refractivity contribution >= 4 is 0 Å². The quantitative estimate of drug-likeness (QED) is 0.600. The molecule has 3 heteroatoms. The van der Waals surface area contributed by atoms with Crippen LogP contribution in [0.4, 0.5) is 4.39 Å². The summed E-state index contributed by atoms with van der Waals surface area (Å²) in [6.07, 6.45) is 0.623. The molecule has 1 fully saturated rings. The second kappa shape index (κ2) is 3.07. The number of alkyl halides is 1. The van der Waals surface area contributed by atoms with Gasteiger partial charge in [0.05, 0.1) is 12.6 Å². The van der Waals surface area contributed by atoms with Crippen molar-refractivity contribution in [3.8, 4) is 0 Å². The largest absolute Gasteiger partial charge is 0.383 e. The molecule has 1 saturated heterocycles. The highest BCUT2D eigenvalue weighted by Crippen LogP contribution is 2.30. The van der Waals surface area contributed by atoms with Crippen LogP contribution < -0.4 is 0 Å². The van der Waals surface area contributed by atoms with Gasteiger partial charge >= 0.3 is 0 Å². The number of likely N-dealkylation sites (tertiary alicyclic amines) is 1. The van der Waals surface area contributed by atoms with Crippen LogP contribution >= 0.6 is 0 Å². The Bertz CT molecular complexity index is 138. The minimum atomic E-state index is -1.06. The Kier molecular flexibility index (Phi) is 2.50. The third-order valence-corrected chi connectivity index (χ3v) is 2.50. The van der Waals surface area contributed by atoms with E-state index in [1.54, 1.807) is 14.0 Å². The van der Waals surface area contributed by atoms with Crippen molar-refractivity contribution in [1.29, 1.82) is 0 Å². The highest BCUT2D eigenvalue weighted by atomic mass is 19.1. The van der Waals surface area contributed by atoms with E-state index in [9.17, 15) is 4.39 Å². The zero-order chi connectivity index (χ0) is 8.48. The lowest BCUT2D eigenvalue weighted by Crippen LogP contribution is -2.41. The van der Waals surface area contributed by atoms with Gasteiger partial charge in [-0.05, 0) is 20.4 Å². The van der Waals surface area contributed by atoms with Gasteiger partial charge in [-0.3, -0.25) is 4.90 Å². The van der Waals surface area contributed by atoms with Gasteiger partial charge in [0.1, 0.15) is 5.67 Å². The van der Waals surface area contributed by atoms with Crippen LogP contribution in [0.1, 0.15) is 13.3 Å². The highest BCUT2D eigenvalue weighted by molar-refractivity contribution is 4.95. The third-order valence-electron chi connectivity index (χ3n) is 2.50. The van der Waals surface area contributed by atoms with E-state index in [1.165, 1.54) is 0 Å². The average Bonchev–Trinajstić information content (AvgIpc) is 2.16. The first-order valence-electron chi connectivity index (χ1n) is 3.96. The molecule has 2 nitrogen and oxygen atoms in total. The van der Waals surface area contributed by atoms with Crippen molar-refractivity contribution in [3.05, 3.63) is 0 Å². The lowest BCUT2D eigenvalue weighted by molar-refractivity contribution is 0.0524. The fourth-order valence-corrected chi connectivity index (χ4v) is 1.64. The summed E-state index contributed by atoms with van der Waals surface area (Å²) in [5.41, 5.74) is -1.06. The fourth-order valence-electron chi connectivity index (χ4n) is 1.64. The van der Waals surface area contributed by atoms with Crippen LogP contribution in [0.2, 0.25) is 0 Å². The SMILES string of the molecule is COC[C@@H]1N(C)CC[C@]1(C)F. The molecule has 0 aromatic rings. The first kappa shape index (κ1) is 8.94. The number of ether oxygens (including phenoxy) is 1. The Morgan fingerprint density at radius 3 is 2.73 bits per heavy atom. The van der Waals surface area contributed by atoms with Gasteiger partial charge in [0, 0.05) is 13.7 Å². The second-order valence-electron chi connectivity index (χ2n) is 3.48. The van der Waals surface area contributed by atoms with Gasteiger partial charge in [-0.2, -0.15) is 0 Å². The summed E-state index contributed by atoms with van der Waals surface area (Å²) in [5.74, 6) is 0. The maximum atomic E-state index is 13.6. The van der Waals surface area contributed by atoms with Gasteiger partial charge in [-0.15, -0.1) is 0 Å². The molecule has 0 amide bonds. The van der Waals surface area contributed by atoms with E-state index in [2.05, 4.69) is 0 Å². The molecule has 0 aliphatic carbocycles. The second-order valence-corrected chi connectivity index (χ2v) is 3.48. The molecule has 0 bridgehead atoms. The van der Waals surface area contributed by atoms with Crippen molar-refractivity contribution in [3.63, 3.8) is 0 Å². The molecule has 11 heavy (non-hydrogen) atoms. The van der Waals surface area contributed by atoms with E-state index >= 15 is 0 Å². The average molecular weight is 161 g/mol. The molecule has 0 spiro atoms. The maximum absolute atomic E-state index is 13.6. The van der Waals surface area contributed by atoms with Gasteiger partial charge in [0.25, 0.3) is 0 Å². The van der Waals surface area contributed by atoms with E-state index in [-0.39, 0.29) is 6.04 Å². The number of nitrogens with zero attached hydrogens (tertiary/aromatic N) is 1. The summed E-state index contributed by atoms with van der Waals surface area (Å²) in [4.78, 5) is 2.02. The monoisotopic (exact) mass is 161 g/mol. The zero-order valence-corrected chi connectivity index (χ0v) is 7.43. The van der Waals surface area contributed by atoms with Crippen molar-refractivity contribution in [2.24, 2.45) is 0 Å². The van der Waals surface area contributed by atoms with E-state index < -0.39 is 5.67 Å². The summed E-state index contributed by atoms with van der Waals surface area (Å²) in [7, 11) is 3.55. The molecule has 0 N–H and O–H groups in total. The van der Waals surface area contributed by atoms with Crippen LogP contribution in [0.3, 0.4) is 0 Å². The Balaban J connectivity index is 2.57. The summed E-state index contributed by atoms with van der Waals surface area (Å²) in [5, 5.41) is 0. The van der Waals surface area contributed by atoms with Gasteiger partial charge in [0.2, 0.25) is 0 Å². The maximum Gasteiger partial charge on any atom is 0.127 e. The fraction of sp³-hybridized carbons (Fsp3) is 1.00. The number of hydrogen-bond acceptors (Lipinski definition) is 2. The summed E-state index contributed by atoms with van der Waals surface area (Å²) in [6, 6.07) is -0.0625. The lowest BCUT2D eigenvalue weighted by atomic mass is 10.0. The van der Waals surface area contributed by atoms with E-state index in [4.69, 9.17) is 4.74 Å². The summed E-state index contributed by atoms with van der Waals surface area (Å²) in [6.45, 7) is 2.98. The van der Waals surface area contributed by atoms with Crippen LogP contribution in [0.15, 0.2) is 0 Å². The molecule has 1 aliphatic heterocycles. The van der Waals surface area contributed by atoms with Crippen LogP contribution in [-0.2, 0) is 4.74 Å². The molecule has 1 heterocycles. The molecule has 1 rings (SSSR count). The first-order chi connectivity index (χ1) is 5.08. The Labute approximate surface area is 67.3 Å². The zero-order valence-electron chi connectivity index (χ0n) is 7.43. The number of hydrogen-bond donors (Lipinski definition) is 0. The van der Waals surface area contributed by atoms with E-state index in [1.807, 2.05) is 11.9 Å². The molecule has 0 saturated carbocycles. The van der Waals surface area contributed by atoms with Crippen LogP contribution in [-0.4, -0.2) is 43.9 Å². The Hall–Kier alpha value is -0.150. The standard InChI is InChI=1S/C8H16FNO/c1-8(9)4-5-10(2)7(8)6-11-3/h7H,4-6H2,1-3H3/t7-,8-/m0/s1. The van der Waals surface area contributed by atoms with Gasteiger partial charge < -0.3 is 4.74 Å². The van der Waals surface area contributed by atoms with Crippen molar-refractivity contribution < 1.29 is 9.13 Å². The minimum Gasteiger partial charge on any atom is -0.383 e. The Morgan fingerprint density at radius 2 is 2.36 bits per heavy atom. The van der Waals surface area contributed by atoms with Crippen molar-refractivity contribution in [2.75, 3.05) is 27.3 Å². The number of methoxy groups -OCH3 is 1. The van der Waals surface area contributed by atoms with Crippen LogP contribution in [0.25, 0.3) is 0 Å². The molecule has 66 valence electrons. The van der Waals surface area contributed by atoms with E-state index in [0.717, 1.165) is 6.54 Å². The molecular formula is C8H16FNO. The molecular weight excluding hydrogens is 145 g/mol. The molecule has 1 aliphatic rings. The molecule has 0 aromatic heterocycles. The topological polar surface area (TPSA) is 12.5 Å². The van der Waals surface area contributed by atoms with Gasteiger partial charge in [-0.1, -0.05) is 0 Å². The summed E-state index contributed by atoms with van der Waals surface area (Å²) < 4.78 is 18.5. The number of likely N-dealkylation sites (N-methyl/N-ethyl adjacent to an activating group) is 1.